The van der Waals surface area contributed by atoms with E-state index in [4.69, 9.17) is 23.2 Å². The number of amides is 1. The van der Waals surface area contributed by atoms with Gasteiger partial charge in [-0.3, -0.25) is 9.69 Å². The summed E-state index contributed by atoms with van der Waals surface area (Å²) in [5.41, 5.74) is -1.69. The second-order valence-electron chi connectivity index (χ2n) is 12.4. The normalized spacial score (nSPS) is 26.3. The molecular weight excluding hydrogens is 677 g/mol. The van der Waals surface area contributed by atoms with Crippen molar-refractivity contribution in [3.05, 3.63) is 105 Å². The maximum absolute atomic E-state index is 13.6. The number of nitrogens with zero attached hydrogens (tertiary/aromatic N) is 2. The number of benzene rings is 3. The van der Waals surface area contributed by atoms with Gasteiger partial charge in [0.15, 0.2) is 0 Å². The highest BCUT2D eigenvalue weighted by atomic mass is 35.5. The van der Waals surface area contributed by atoms with Crippen LogP contribution in [0.5, 0.6) is 0 Å². The maximum atomic E-state index is 13.6. The number of likely N-dealkylation sites (tertiary alicyclic amines) is 1. The molecular formula is C33H33Cl3F6N2O2. The molecule has 2 bridgehead atoms. The van der Waals surface area contributed by atoms with Crippen molar-refractivity contribution in [3.63, 3.8) is 0 Å². The second-order valence-corrected chi connectivity index (χ2v) is 13.2. The van der Waals surface area contributed by atoms with E-state index in [0.717, 1.165) is 37.9 Å². The number of alkyl halides is 6. The van der Waals surface area contributed by atoms with E-state index in [-0.39, 0.29) is 66.4 Å². The molecule has 7 rings (SSSR count). The first-order valence-electron chi connectivity index (χ1n) is 14.5. The third kappa shape index (κ3) is 6.74. The van der Waals surface area contributed by atoms with Gasteiger partial charge >= 0.3 is 12.4 Å². The lowest BCUT2D eigenvalue weighted by molar-refractivity contribution is -0.143. The first-order valence-corrected chi connectivity index (χ1v) is 15.3. The summed E-state index contributed by atoms with van der Waals surface area (Å²) in [6.45, 7) is 1.40. The number of fused-ring (bicyclic) bond motifs is 3. The number of rotatable bonds is 5. The molecule has 4 aliphatic heterocycles. The van der Waals surface area contributed by atoms with Crippen LogP contribution in [0.2, 0.25) is 10.0 Å². The highest BCUT2D eigenvalue weighted by Crippen LogP contribution is 2.53. The molecule has 4 heterocycles. The molecule has 2 atom stereocenters. The van der Waals surface area contributed by atoms with Crippen LogP contribution >= 0.6 is 35.6 Å². The number of halogens is 9. The van der Waals surface area contributed by atoms with Crippen LogP contribution in [-0.2, 0) is 34.5 Å². The molecule has 4 aliphatic rings. The van der Waals surface area contributed by atoms with Gasteiger partial charge in [-0.1, -0.05) is 59.6 Å². The minimum Gasteiger partial charge on any atom is -0.412 e. The zero-order chi connectivity index (χ0) is 31.5. The molecule has 1 amide bonds. The van der Waals surface area contributed by atoms with E-state index in [1.807, 2.05) is 24.3 Å². The average molecular weight is 710 g/mol. The Bertz CT molecular complexity index is 1530. The minimum atomic E-state index is -4.98. The Balaban J connectivity index is 0.00000240. The molecule has 0 aromatic heterocycles. The Labute approximate surface area is 279 Å². The molecule has 4 nitrogen and oxygen atoms in total. The molecule has 250 valence electrons. The summed E-state index contributed by atoms with van der Waals surface area (Å²) in [5.74, 6) is -0.319. The zero-order valence-electron chi connectivity index (χ0n) is 24.5. The van der Waals surface area contributed by atoms with Gasteiger partial charge in [-0.15, -0.1) is 12.4 Å². The molecule has 2 N–H and O–H groups in total. The fourth-order valence-electron chi connectivity index (χ4n) is 7.69. The zero-order valence-corrected chi connectivity index (χ0v) is 26.9. The monoisotopic (exact) mass is 708 g/mol. The van der Waals surface area contributed by atoms with Gasteiger partial charge in [0.2, 0.25) is 5.91 Å². The number of piperidine rings is 4. The van der Waals surface area contributed by atoms with E-state index in [1.54, 1.807) is 12.1 Å². The molecule has 3 aromatic rings. The molecule has 3 aromatic carbocycles. The van der Waals surface area contributed by atoms with Crippen LogP contribution in [0, 0.1) is 0 Å². The van der Waals surface area contributed by atoms with Crippen LogP contribution in [0.4, 0.5) is 26.3 Å². The standard InChI is InChI=1S/C33H30Cl2F6N2O.ClH.H2O/c34-26-7-6-23(17-27(26)35)31(28-18-30(10-12-42(28)13-11-30)22-4-2-1-3-5-22)9-8-29(44)43(20-31)19-21-14-24(32(36,37)38)16-25(15-21)33(39,40)41;;/h1-7,14-17,28H,8-13,18-20H2;1H;1H2. The van der Waals surface area contributed by atoms with Crippen LogP contribution in [0.3, 0.4) is 0 Å². The summed E-state index contributed by atoms with van der Waals surface area (Å²) in [7, 11) is 0. The number of carbonyl (C=O) groups excluding carboxylic acids is 1. The predicted molar refractivity (Wildman–Crippen MR) is 167 cm³/mol. The van der Waals surface area contributed by atoms with Crippen molar-refractivity contribution in [1.82, 2.24) is 9.80 Å². The van der Waals surface area contributed by atoms with E-state index >= 15 is 0 Å². The topological polar surface area (TPSA) is 55.1 Å². The van der Waals surface area contributed by atoms with Crippen molar-refractivity contribution in [3.8, 4) is 0 Å². The van der Waals surface area contributed by atoms with Crippen molar-refractivity contribution >= 4 is 41.5 Å². The van der Waals surface area contributed by atoms with Crippen LogP contribution in [0.25, 0.3) is 0 Å². The highest BCUT2D eigenvalue weighted by molar-refractivity contribution is 6.42. The smallest absolute Gasteiger partial charge is 0.412 e. The van der Waals surface area contributed by atoms with Gasteiger partial charge in [-0.25, -0.2) is 0 Å². The van der Waals surface area contributed by atoms with Crippen LogP contribution in [0.15, 0.2) is 66.7 Å². The molecule has 0 saturated carbocycles. The molecule has 46 heavy (non-hydrogen) atoms. The van der Waals surface area contributed by atoms with Gasteiger partial charge in [-0.2, -0.15) is 26.3 Å². The van der Waals surface area contributed by atoms with Crippen LogP contribution in [0.1, 0.15) is 59.9 Å². The highest BCUT2D eigenvalue weighted by Gasteiger charge is 2.55. The van der Waals surface area contributed by atoms with Crippen LogP contribution < -0.4 is 0 Å². The van der Waals surface area contributed by atoms with Gasteiger partial charge in [0, 0.05) is 31.0 Å². The van der Waals surface area contributed by atoms with Gasteiger partial charge in [0.05, 0.1) is 21.2 Å². The summed E-state index contributed by atoms with van der Waals surface area (Å²) in [6, 6.07) is 17.2. The fourth-order valence-corrected chi connectivity index (χ4v) is 7.99. The maximum Gasteiger partial charge on any atom is 0.416 e. The number of carbonyl (C=O) groups is 1. The first kappa shape index (κ1) is 36.3. The van der Waals surface area contributed by atoms with Crippen molar-refractivity contribution in [2.75, 3.05) is 19.6 Å². The summed E-state index contributed by atoms with van der Waals surface area (Å²) in [4.78, 5) is 17.2. The molecule has 0 spiro atoms. The molecule has 0 aliphatic carbocycles. The molecule has 4 saturated heterocycles. The predicted octanol–water partition coefficient (Wildman–Crippen LogP) is 8.49. The Morgan fingerprint density at radius 3 is 1.96 bits per heavy atom. The average Bonchev–Trinajstić information content (AvgIpc) is 3.00. The summed E-state index contributed by atoms with van der Waals surface area (Å²) in [5, 5.41) is 0.706. The molecule has 13 heteroatoms. The lowest BCUT2D eigenvalue weighted by Crippen LogP contribution is -2.66. The number of hydrogen-bond acceptors (Lipinski definition) is 2. The Hall–Kier alpha value is -2.50. The summed E-state index contributed by atoms with van der Waals surface area (Å²) >= 11 is 12.8. The summed E-state index contributed by atoms with van der Waals surface area (Å²) in [6.07, 6.45) is -6.67. The fraction of sp³-hybridized carbons (Fsp3) is 0.424. The lowest BCUT2D eigenvalue weighted by atomic mass is 9.57. The Morgan fingerprint density at radius 1 is 0.783 bits per heavy atom. The minimum absolute atomic E-state index is 0. The molecule has 0 radical (unpaired) electrons. The van der Waals surface area contributed by atoms with Gasteiger partial charge in [-0.05, 0) is 91.2 Å². The van der Waals surface area contributed by atoms with E-state index in [1.165, 1.54) is 10.5 Å². The Kier molecular flexibility index (Phi) is 10.4. The van der Waals surface area contributed by atoms with E-state index in [2.05, 4.69) is 17.0 Å². The van der Waals surface area contributed by atoms with Gasteiger partial charge in [0.25, 0.3) is 0 Å². The van der Waals surface area contributed by atoms with E-state index in [9.17, 15) is 31.1 Å². The van der Waals surface area contributed by atoms with Crippen molar-refractivity contribution in [1.29, 1.82) is 0 Å². The quantitative estimate of drug-likeness (QED) is 0.250. The van der Waals surface area contributed by atoms with Crippen molar-refractivity contribution in [2.45, 2.75) is 67.9 Å². The SMILES string of the molecule is Cl.O.O=C1CCC(c2ccc(Cl)c(Cl)c2)(C2CC3(c4ccccc4)CCN2CC3)CN1Cc1cc(C(F)(F)F)cc(C(F)(F)F)c1. The molecule has 4 fully saturated rings. The van der Waals surface area contributed by atoms with Crippen molar-refractivity contribution < 1.29 is 36.6 Å². The van der Waals surface area contributed by atoms with Gasteiger partial charge < -0.3 is 10.4 Å². The third-order valence-electron chi connectivity index (χ3n) is 9.93. The second kappa shape index (κ2) is 13.2. The lowest BCUT2D eigenvalue weighted by Gasteiger charge is -2.60. The number of hydrogen-bond donors (Lipinski definition) is 0. The van der Waals surface area contributed by atoms with Crippen LogP contribution in [-0.4, -0.2) is 46.9 Å². The van der Waals surface area contributed by atoms with Crippen molar-refractivity contribution in [2.24, 2.45) is 0 Å². The van der Waals surface area contributed by atoms with E-state index < -0.39 is 28.9 Å². The van der Waals surface area contributed by atoms with E-state index in [0.29, 0.717) is 28.6 Å². The first-order chi connectivity index (χ1) is 20.7. The largest absolute Gasteiger partial charge is 0.416 e. The molecule has 2 unspecified atom stereocenters. The summed E-state index contributed by atoms with van der Waals surface area (Å²) < 4.78 is 81.8. The third-order valence-corrected chi connectivity index (χ3v) is 10.7. The van der Waals surface area contributed by atoms with Gasteiger partial charge in [0.1, 0.15) is 0 Å². The Morgan fingerprint density at radius 2 is 1.39 bits per heavy atom.